The van der Waals surface area contributed by atoms with Crippen molar-refractivity contribution in [3.63, 3.8) is 0 Å². The molecule has 1 nitrogen and oxygen atoms in total. The summed E-state index contributed by atoms with van der Waals surface area (Å²) in [4.78, 5) is 11.2. The van der Waals surface area contributed by atoms with Crippen LogP contribution < -0.4 is 0 Å². The van der Waals surface area contributed by atoms with Crippen LogP contribution in [0.25, 0.3) is 0 Å². The molecule has 1 aromatic carbocycles. The quantitative estimate of drug-likeness (QED) is 0.761. The summed E-state index contributed by atoms with van der Waals surface area (Å²) in [6.45, 7) is 5.86. The molecule has 0 N–H and O–H groups in total. The van der Waals surface area contributed by atoms with Gasteiger partial charge in [0.25, 0.3) is 0 Å². The number of alkyl halides is 1. The summed E-state index contributed by atoms with van der Waals surface area (Å²) in [7, 11) is 0. The Morgan fingerprint density at radius 3 is 2.53 bits per heavy atom. The summed E-state index contributed by atoms with van der Waals surface area (Å²) in [6, 6.07) is 8.32. The highest BCUT2D eigenvalue weighted by molar-refractivity contribution is 9.10. The first-order valence-electron chi connectivity index (χ1n) is 5.30. The van der Waals surface area contributed by atoms with Crippen LogP contribution in [-0.4, -0.2) is 10.6 Å². The Morgan fingerprint density at radius 1 is 1.40 bits per heavy atom. The zero-order valence-corrected chi connectivity index (χ0v) is 11.0. The molecule has 15 heavy (non-hydrogen) atoms. The first kappa shape index (κ1) is 12.4. The molecule has 0 saturated carbocycles. The van der Waals surface area contributed by atoms with Gasteiger partial charge in [-0.2, -0.15) is 0 Å². The lowest BCUT2D eigenvalue weighted by Gasteiger charge is -2.19. The fourth-order valence-corrected chi connectivity index (χ4v) is 2.09. The van der Waals surface area contributed by atoms with Crippen molar-refractivity contribution < 1.29 is 4.79 Å². The summed E-state index contributed by atoms with van der Waals surface area (Å²) in [5.74, 6) is 0.423. The molecule has 1 aromatic rings. The Hall–Kier alpha value is -0.630. The van der Waals surface area contributed by atoms with Crippen molar-refractivity contribution in [1.82, 2.24) is 0 Å². The van der Waals surface area contributed by atoms with E-state index in [0.717, 1.165) is 6.42 Å². The molecule has 0 aromatic heterocycles. The molecule has 1 rings (SSSR count). The molecule has 0 saturated heterocycles. The fraction of sp³-hybridized carbons (Fsp3) is 0.462. The van der Waals surface area contributed by atoms with Gasteiger partial charge in [-0.05, 0) is 24.5 Å². The third kappa shape index (κ3) is 2.91. The minimum absolute atomic E-state index is 0.0785. The van der Waals surface area contributed by atoms with E-state index in [0.29, 0.717) is 0 Å². The number of benzene rings is 1. The second kappa shape index (κ2) is 5.45. The number of Topliss-reactive ketones (excluding diaryl/α,β-unsaturated/α-hetero) is 1. The molecule has 0 aliphatic carbocycles. The van der Waals surface area contributed by atoms with E-state index < -0.39 is 0 Å². The zero-order valence-electron chi connectivity index (χ0n) is 9.46. The summed E-state index contributed by atoms with van der Waals surface area (Å²) in [5.41, 5.74) is 2.60. The predicted molar refractivity (Wildman–Crippen MR) is 67.6 cm³/mol. The maximum absolute atomic E-state index is 11.3. The van der Waals surface area contributed by atoms with Crippen LogP contribution in [0, 0.1) is 0 Å². The second-order valence-electron chi connectivity index (χ2n) is 3.85. The Bertz CT molecular complexity index is 346. The summed E-state index contributed by atoms with van der Waals surface area (Å²) >= 11 is 3.46. The molecule has 0 aliphatic heterocycles. The molecule has 0 heterocycles. The van der Waals surface area contributed by atoms with Crippen LogP contribution in [0.5, 0.6) is 0 Å². The van der Waals surface area contributed by atoms with Gasteiger partial charge in [-0.15, -0.1) is 0 Å². The van der Waals surface area contributed by atoms with Crippen molar-refractivity contribution in [2.75, 3.05) is 0 Å². The van der Waals surface area contributed by atoms with Crippen LogP contribution in [0.15, 0.2) is 24.3 Å². The smallest absolute Gasteiger partial charge is 0.144 e. The Morgan fingerprint density at radius 2 is 2.00 bits per heavy atom. The maximum atomic E-state index is 11.3. The van der Waals surface area contributed by atoms with E-state index in [4.69, 9.17) is 0 Å². The molecular formula is C13H17BrO. The predicted octanol–water partition coefficient (Wildman–Crippen LogP) is 3.71. The number of carbonyl (C=O) groups excluding carboxylic acids is 1. The molecule has 0 aliphatic rings. The van der Waals surface area contributed by atoms with Crippen LogP contribution >= 0.6 is 15.9 Å². The largest absolute Gasteiger partial charge is 0.299 e. The highest BCUT2D eigenvalue weighted by Gasteiger charge is 2.21. The van der Waals surface area contributed by atoms with E-state index in [1.54, 1.807) is 6.92 Å². The number of halogens is 1. The van der Waals surface area contributed by atoms with Crippen LogP contribution in [-0.2, 0) is 11.2 Å². The second-order valence-corrected chi connectivity index (χ2v) is 4.84. The Labute approximate surface area is 100 Å². The van der Waals surface area contributed by atoms with E-state index in [9.17, 15) is 4.79 Å². The standard InChI is InChI=1S/C13H17BrO/c1-4-11-7-5-6-8-12(11)9(2)13(14)10(3)15/h5-9,13H,4H2,1-3H3. The van der Waals surface area contributed by atoms with E-state index >= 15 is 0 Å². The van der Waals surface area contributed by atoms with Crippen molar-refractivity contribution in [3.8, 4) is 0 Å². The first-order valence-corrected chi connectivity index (χ1v) is 6.21. The van der Waals surface area contributed by atoms with Crippen LogP contribution in [0.3, 0.4) is 0 Å². The minimum Gasteiger partial charge on any atom is -0.299 e. The lowest BCUT2D eigenvalue weighted by Crippen LogP contribution is -2.18. The average Bonchev–Trinajstić information content (AvgIpc) is 2.26. The van der Waals surface area contributed by atoms with Crippen LogP contribution in [0.1, 0.15) is 37.8 Å². The third-order valence-electron chi connectivity index (χ3n) is 2.75. The Balaban J connectivity index is 2.99. The monoisotopic (exact) mass is 268 g/mol. The van der Waals surface area contributed by atoms with Gasteiger partial charge in [0.2, 0.25) is 0 Å². The SMILES string of the molecule is CCc1ccccc1C(C)C(Br)C(C)=O. The van der Waals surface area contributed by atoms with Gasteiger partial charge < -0.3 is 0 Å². The van der Waals surface area contributed by atoms with Gasteiger partial charge in [0.05, 0.1) is 4.83 Å². The normalized spacial score (nSPS) is 14.7. The molecule has 82 valence electrons. The molecule has 0 amide bonds. The highest BCUT2D eigenvalue weighted by atomic mass is 79.9. The highest BCUT2D eigenvalue weighted by Crippen LogP contribution is 2.28. The van der Waals surface area contributed by atoms with E-state index in [2.05, 4.69) is 41.9 Å². The minimum atomic E-state index is -0.0785. The number of ketones is 1. The number of hydrogen-bond donors (Lipinski definition) is 0. The fourth-order valence-electron chi connectivity index (χ4n) is 1.81. The molecule has 0 fully saturated rings. The van der Waals surface area contributed by atoms with E-state index in [1.165, 1.54) is 11.1 Å². The lowest BCUT2D eigenvalue weighted by atomic mass is 9.91. The molecule has 0 bridgehead atoms. The molecule has 0 radical (unpaired) electrons. The molecular weight excluding hydrogens is 252 g/mol. The topological polar surface area (TPSA) is 17.1 Å². The van der Waals surface area contributed by atoms with Gasteiger partial charge in [-0.25, -0.2) is 0 Å². The summed E-state index contributed by atoms with van der Waals surface area (Å²) in [6.07, 6.45) is 1.01. The van der Waals surface area contributed by atoms with Gasteiger partial charge in [0.1, 0.15) is 5.78 Å². The summed E-state index contributed by atoms with van der Waals surface area (Å²) < 4.78 is 0. The number of aryl methyl sites for hydroxylation is 1. The van der Waals surface area contributed by atoms with Gasteiger partial charge in [0, 0.05) is 5.92 Å². The molecule has 2 atom stereocenters. The molecule has 2 heteroatoms. The summed E-state index contributed by atoms with van der Waals surface area (Å²) in [5, 5.41) is 0. The van der Waals surface area contributed by atoms with Gasteiger partial charge in [0.15, 0.2) is 0 Å². The van der Waals surface area contributed by atoms with Crippen molar-refractivity contribution in [3.05, 3.63) is 35.4 Å². The lowest BCUT2D eigenvalue weighted by molar-refractivity contribution is -0.116. The van der Waals surface area contributed by atoms with E-state index in [1.807, 2.05) is 12.1 Å². The molecule has 0 spiro atoms. The average molecular weight is 269 g/mol. The number of carbonyl (C=O) groups is 1. The van der Waals surface area contributed by atoms with Crippen molar-refractivity contribution >= 4 is 21.7 Å². The van der Waals surface area contributed by atoms with Crippen molar-refractivity contribution in [1.29, 1.82) is 0 Å². The maximum Gasteiger partial charge on any atom is 0.144 e. The zero-order chi connectivity index (χ0) is 11.4. The van der Waals surface area contributed by atoms with E-state index in [-0.39, 0.29) is 16.5 Å². The van der Waals surface area contributed by atoms with Gasteiger partial charge >= 0.3 is 0 Å². The van der Waals surface area contributed by atoms with Crippen molar-refractivity contribution in [2.24, 2.45) is 0 Å². The number of hydrogen-bond acceptors (Lipinski definition) is 1. The van der Waals surface area contributed by atoms with Gasteiger partial charge in [-0.1, -0.05) is 54.0 Å². The van der Waals surface area contributed by atoms with Gasteiger partial charge in [-0.3, -0.25) is 4.79 Å². The Kier molecular flexibility index (Phi) is 4.52. The third-order valence-corrected chi connectivity index (χ3v) is 4.19. The molecule has 2 unspecified atom stereocenters. The van der Waals surface area contributed by atoms with Crippen LogP contribution in [0.2, 0.25) is 0 Å². The first-order chi connectivity index (χ1) is 7.07. The van der Waals surface area contributed by atoms with Crippen LogP contribution in [0.4, 0.5) is 0 Å². The van der Waals surface area contributed by atoms with Crippen molar-refractivity contribution in [2.45, 2.75) is 37.9 Å². The number of rotatable bonds is 4.